The molecule has 0 radical (unpaired) electrons. The van der Waals surface area contributed by atoms with Gasteiger partial charge in [0.05, 0.1) is 22.3 Å². The fraction of sp³-hybridized carbons (Fsp3) is 0.588. The van der Waals surface area contributed by atoms with Crippen LogP contribution in [0.25, 0.3) is 0 Å². The summed E-state index contributed by atoms with van der Waals surface area (Å²) in [6.07, 6.45) is 1.66. The summed E-state index contributed by atoms with van der Waals surface area (Å²) in [5, 5.41) is 4.78. The van der Waals surface area contributed by atoms with E-state index in [1.54, 1.807) is 12.1 Å². The predicted molar refractivity (Wildman–Crippen MR) is 178 cm³/mol. The lowest BCUT2D eigenvalue weighted by atomic mass is 9.92. The highest BCUT2D eigenvalue weighted by atomic mass is 35.5. The predicted octanol–water partition coefficient (Wildman–Crippen LogP) is 3.66. The number of anilines is 2. The summed E-state index contributed by atoms with van der Waals surface area (Å²) in [5.41, 5.74) is 0.359. The lowest BCUT2D eigenvalue weighted by molar-refractivity contribution is -0.141. The summed E-state index contributed by atoms with van der Waals surface area (Å²) in [4.78, 5) is 66.0. The zero-order valence-corrected chi connectivity index (χ0v) is 28.3. The summed E-state index contributed by atoms with van der Waals surface area (Å²) in [6, 6.07) is 4.32. The van der Waals surface area contributed by atoms with Gasteiger partial charge in [0.15, 0.2) is 5.69 Å². The molecule has 0 spiro atoms. The van der Waals surface area contributed by atoms with Gasteiger partial charge in [-0.25, -0.2) is 9.97 Å². The number of benzene rings is 1. The third-order valence-electron chi connectivity index (χ3n) is 10.8. The molecule has 0 aliphatic carbocycles. The van der Waals surface area contributed by atoms with Crippen LogP contribution in [0.4, 0.5) is 24.8 Å². The van der Waals surface area contributed by atoms with Gasteiger partial charge >= 0.3 is 6.18 Å². The van der Waals surface area contributed by atoms with Crippen molar-refractivity contribution in [2.24, 2.45) is 11.8 Å². The molecule has 2 aromatic rings. The Bertz CT molecular complexity index is 1660. The number of hydrogen-bond acceptors (Lipinski definition) is 10. The van der Waals surface area contributed by atoms with Gasteiger partial charge in [-0.1, -0.05) is 11.6 Å². The minimum atomic E-state index is -4.63. The molecule has 2 N–H and O–H groups in total. The van der Waals surface area contributed by atoms with Crippen LogP contribution in [-0.4, -0.2) is 113 Å². The van der Waals surface area contributed by atoms with E-state index in [4.69, 9.17) is 11.6 Å². The van der Waals surface area contributed by atoms with Crippen LogP contribution in [0.15, 0.2) is 24.4 Å². The minimum Gasteiger partial charge on any atom is -0.371 e. The van der Waals surface area contributed by atoms with Gasteiger partial charge in [-0.15, -0.1) is 0 Å². The second-order valence-corrected chi connectivity index (χ2v) is 14.5. The molecule has 12 nitrogen and oxygen atoms in total. The van der Waals surface area contributed by atoms with Crippen molar-refractivity contribution < 1.29 is 32.3 Å². The molecular formula is C34H40ClF3N8O4. The molecule has 268 valence electrons. The van der Waals surface area contributed by atoms with Crippen molar-refractivity contribution in [1.82, 2.24) is 30.0 Å². The first-order chi connectivity index (χ1) is 23.9. The van der Waals surface area contributed by atoms with Crippen molar-refractivity contribution in [3.05, 3.63) is 46.2 Å². The number of nitrogens with one attached hydrogen (secondary N) is 2. The molecule has 1 aromatic carbocycles. The van der Waals surface area contributed by atoms with E-state index >= 15 is 0 Å². The van der Waals surface area contributed by atoms with Crippen LogP contribution < -0.4 is 15.5 Å². The van der Waals surface area contributed by atoms with E-state index in [9.17, 15) is 32.3 Å². The molecule has 50 heavy (non-hydrogen) atoms. The standard InChI is InChI=1S/C34H40ClF3N8O4/c35-26-16-39-33(42-29(26)34(36,37)38)40-22-9-12-44(19-22)18-20-5-10-43(11-6-20)17-21-7-13-45(14-8-21)23-1-2-24-25(15-23)32(50)46(31(24)49)27-3-4-28(47)41-30(27)48/h1-2,15-16,20-22,27H,3-14,17-19H2,(H,39,40,42)(H,41,47,48)/t22-,27?/m1/s1. The number of nitrogens with zero attached hydrogens (tertiary/aromatic N) is 6. The number of fused-ring (bicyclic) bond motifs is 1. The lowest BCUT2D eigenvalue weighted by Crippen LogP contribution is -2.54. The van der Waals surface area contributed by atoms with E-state index in [0.717, 1.165) is 101 Å². The van der Waals surface area contributed by atoms with Crippen LogP contribution in [0.2, 0.25) is 5.02 Å². The van der Waals surface area contributed by atoms with E-state index in [0.29, 0.717) is 23.0 Å². The van der Waals surface area contributed by atoms with Crippen molar-refractivity contribution in [2.45, 2.75) is 63.2 Å². The Morgan fingerprint density at radius 3 is 2.22 bits per heavy atom. The molecule has 2 atom stereocenters. The van der Waals surface area contributed by atoms with Crippen molar-refractivity contribution in [3.8, 4) is 0 Å². The Morgan fingerprint density at radius 2 is 1.52 bits per heavy atom. The number of likely N-dealkylation sites (tertiary alicyclic amines) is 2. The third kappa shape index (κ3) is 7.31. The Balaban J connectivity index is 0.837. The minimum absolute atomic E-state index is 0.0180. The number of carbonyl (C=O) groups is 4. The average Bonchev–Trinajstić information content (AvgIpc) is 3.63. The molecule has 7 rings (SSSR count). The number of halogens is 4. The lowest BCUT2D eigenvalue weighted by Gasteiger charge is -2.39. The second kappa shape index (κ2) is 14.1. The number of rotatable bonds is 8. The molecule has 4 amide bonds. The monoisotopic (exact) mass is 716 g/mol. The second-order valence-electron chi connectivity index (χ2n) is 14.1. The first-order valence-corrected chi connectivity index (χ1v) is 17.7. The molecule has 5 aliphatic heterocycles. The molecule has 0 bridgehead atoms. The maximum Gasteiger partial charge on any atom is 0.435 e. The van der Waals surface area contributed by atoms with Crippen LogP contribution in [-0.2, 0) is 15.8 Å². The van der Waals surface area contributed by atoms with Crippen molar-refractivity contribution >= 4 is 46.9 Å². The van der Waals surface area contributed by atoms with E-state index in [-0.39, 0.29) is 24.8 Å². The van der Waals surface area contributed by atoms with Gasteiger partial charge in [-0.2, -0.15) is 13.2 Å². The molecule has 16 heteroatoms. The first-order valence-electron chi connectivity index (χ1n) is 17.3. The van der Waals surface area contributed by atoms with Gasteiger partial charge in [0, 0.05) is 57.4 Å². The quantitative estimate of drug-likeness (QED) is 0.391. The number of aromatic nitrogens is 2. The topological polar surface area (TPSA) is 131 Å². The van der Waals surface area contributed by atoms with E-state index in [1.165, 1.54) is 0 Å². The van der Waals surface area contributed by atoms with Crippen LogP contribution in [0.3, 0.4) is 0 Å². The fourth-order valence-electron chi connectivity index (χ4n) is 8.05. The highest BCUT2D eigenvalue weighted by molar-refractivity contribution is 6.31. The van der Waals surface area contributed by atoms with Gasteiger partial charge in [0.25, 0.3) is 11.8 Å². The zero-order valence-electron chi connectivity index (χ0n) is 27.6. The molecule has 1 unspecified atom stereocenters. The summed E-state index contributed by atoms with van der Waals surface area (Å²) in [5.74, 6) is -0.896. The number of amides is 4. The first kappa shape index (κ1) is 34.6. The average molecular weight is 717 g/mol. The Kier molecular flexibility index (Phi) is 9.74. The highest BCUT2D eigenvalue weighted by Gasteiger charge is 2.45. The van der Waals surface area contributed by atoms with Crippen LogP contribution in [0, 0.1) is 11.8 Å². The van der Waals surface area contributed by atoms with Gasteiger partial charge in [-0.3, -0.25) is 29.4 Å². The molecule has 5 aliphatic rings. The number of alkyl halides is 3. The summed E-state index contributed by atoms with van der Waals surface area (Å²) in [6.45, 7) is 7.42. The molecule has 0 saturated carbocycles. The zero-order chi connectivity index (χ0) is 35.2. The van der Waals surface area contributed by atoms with Crippen molar-refractivity contribution in [2.75, 3.05) is 62.6 Å². The van der Waals surface area contributed by atoms with Crippen LogP contribution >= 0.6 is 11.6 Å². The van der Waals surface area contributed by atoms with Gasteiger partial charge in [0.2, 0.25) is 17.8 Å². The summed E-state index contributed by atoms with van der Waals surface area (Å²) >= 11 is 5.65. The molecule has 6 heterocycles. The summed E-state index contributed by atoms with van der Waals surface area (Å²) in [7, 11) is 0. The Labute approximate surface area is 292 Å². The number of carbonyl (C=O) groups excluding carboxylic acids is 4. The Hall–Kier alpha value is -3.82. The fourth-order valence-corrected chi connectivity index (χ4v) is 8.24. The van der Waals surface area contributed by atoms with E-state index in [2.05, 4.69) is 35.3 Å². The van der Waals surface area contributed by atoms with Gasteiger partial charge in [0.1, 0.15) is 6.04 Å². The number of piperidine rings is 3. The SMILES string of the molecule is O=C1CCC(N2C(=O)c3ccc(N4CCC(CN5CCC(CN6CC[C@@H](Nc7ncc(Cl)c(C(F)(F)F)n7)C6)CC5)CC4)cc3C2=O)C(=O)N1. The largest absolute Gasteiger partial charge is 0.435 e. The van der Waals surface area contributed by atoms with Crippen LogP contribution in [0.1, 0.15) is 71.4 Å². The maximum atomic E-state index is 13.3. The maximum absolute atomic E-state index is 13.3. The summed E-state index contributed by atoms with van der Waals surface area (Å²) < 4.78 is 39.5. The Morgan fingerprint density at radius 1 is 0.860 bits per heavy atom. The molecule has 1 aromatic heterocycles. The third-order valence-corrected chi connectivity index (χ3v) is 11.0. The van der Waals surface area contributed by atoms with Crippen LogP contribution in [0.5, 0.6) is 0 Å². The molecular weight excluding hydrogens is 677 g/mol. The van der Waals surface area contributed by atoms with E-state index in [1.807, 2.05) is 6.07 Å². The highest BCUT2D eigenvalue weighted by Crippen LogP contribution is 2.34. The molecule has 4 fully saturated rings. The van der Waals surface area contributed by atoms with E-state index < -0.39 is 46.6 Å². The van der Waals surface area contributed by atoms with Gasteiger partial charge < -0.3 is 20.0 Å². The smallest absolute Gasteiger partial charge is 0.371 e. The number of hydrogen-bond donors (Lipinski definition) is 2. The normalized spacial score (nSPS) is 24.6. The molecule has 4 saturated heterocycles. The number of imide groups is 2. The van der Waals surface area contributed by atoms with Gasteiger partial charge in [-0.05, 0) is 81.6 Å². The van der Waals surface area contributed by atoms with Crippen molar-refractivity contribution in [1.29, 1.82) is 0 Å². The van der Waals surface area contributed by atoms with Crippen molar-refractivity contribution in [3.63, 3.8) is 0 Å².